The highest BCUT2D eigenvalue weighted by Crippen LogP contribution is 2.14. The lowest BCUT2D eigenvalue weighted by Crippen LogP contribution is -2.58. The van der Waals surface area contributed by atoms with E-state index in [0.29, 0.717) is 10.9 Å². The first-order chi connectivity index (χ1) is 9.01. The van der Waals surface area contributed by atoms with Crippen LogP contribution in [0.3, 0.4) is 0 Å². The molecule has 0 saturated carbocycles. The number of hydrogen-bond donors (Lipinski definition) is 1. The third-order valence-electron chi connectivity index (χ3n) is 2.78. The van der Waals surface area contributed by atoms with Crippen LogP contribution in [0.1, 0.15) is 17.6 Å². The number of amides is 3. The minimum absolute atomic E-state index is 0.0758. The molecule has 1 aromatic heterocycles. The molecule has 6 nitrogen and oxygen atoms in total. The molecule has 1 aliphatic rings. The molecule has 1 fully saturated rings. The number of halogens is 1. The van der Waals surface area contributed by atoms with E-state index in [1.807, 2.05) is 0 Å². The van der Waals surface area contributed by atoms with Crippen molar-refractivity contribution in [3.05, 3.63) is 16.1 Å². The van der Waals surface area contributed by atoms with Crippen molar-refractivity contribution in [2.75, 3.05) is 6.54 Å². The molecule has 1 N–H and O–H groups in total. The summed E-state index contributed by atoms with van der Waals surface area (Å²) in [6.07, 6.45) is 0.0758. The van der Waals surface area contributed by atoms with Gasteiger partial charge in [-0.1, -0.05) is 0 Å². The second-order valence-corrected chi connectivity index (χ2v) is 5.36. The summed E-state index contributed by atoms with van der Waals surface area (Å²) in [4.78, 5) is 40.3. The lowest BCUT2D eigenvalue weighted by atomic mass is 10.2. The van der Waals surface area contributed by atoms with Crippen molar-refractivity contribution >= 4 is 40.7 Å². The molecule has 1 aromatic rings. The Bertz CT molecular complexity index is 531. The SMILES string of the molecule is CC1C(=O)NC(=O)CN1C(=O)Cc1nc(CCl)cs1. The maximum atomic E-state index is 12.1. The van der Waals surface area contributed by atoms with E-state index in [1.54, 1.807) is 12.3 Å². The van der Waals surface area contributed by atoms with Crippen molar-refractivity contribution in [2.24, 2.45) is 0 Å². The molecule has 2 rings (SSSR count). The highest BCUT2D eigenvalue weighted by Gasteiger charge is 2.33. The van der Waals surface area contributed by atoms with Crippen LogP contribution in [0.5, 0.6) is 0 Å². The number of nitrogens with one attached hydrogen (secondary N) is 1. The van der Waals surface area contributed by atoms with Crippen LogP contribution in [0.25, 0.3) is 0 Å². The Kier molecular flexibility index (Phi) is 4.16. The van der Waals surface area contributed by atoms with Gasteiger partial charge in [-0.25, -0.2) is 4.98 Å². The van der Waals surface area contributed by atoms with Gasteiger partial charge in [0.05, 0.1) is 18.0 Å². The predicted molar refractivity (Wildman–Crippen MR) is 69.7 cm³/mol. The van der Waals surface area contributed by atoms with E-state index < -0.39 is 17.9 Å². The van der Waals surface area contributed by atoms with Crippen molar-refractivity contribution in [1.82, 2.24) is 15.2 Å². The van der Waals surface area contributed by atoms with Gasteiger partial charge < -0.3 is 4.90 Å². The minimum Gasteiger partial charge on any atom is -0.321 e. The van der Waals surface area contributed by atoms with Crippen LogP contribution >= 0.6 is 22.9 Å². The average Bonchev–Trinajstić information content (AvgIpc) is 2.81. The fourth-order valence-electron chi connectivity index (χ4n) is 1.74. The number of alkyl halides is 1. The summed E-state index contributed by atoms with van der Waals surface area (Å²) in [7, 11) is 0. The first-order valence-electron chi connectivity index (χ1n) is 5.63. The lowest BCUT2D eigenvalue weighted by molar-refractivity contribution is -0.149. The van der Waals surface area contributed by atoms with E-state index in [1.165, 1.54) is 16.2 Å². The molecule has 1 saturated heterocycles. The van der Waals surface area contributed by atoms with E-state index in [0.717, 1.165) is 5.69 Å². The quantitative estimate of drug-likeness (QED) is 0.643. The van der Waals surface area contributed by atoms with Crippen molar-refractivity contribution in [2.45, 2.75) is 25.3 Å². The molecular weight excluding hydrogens is 290 g/mol. The van der Waals surface area contributed by atoms with Gasteiger partial charge in [-0.3, -0.25) is 19.7 Å². The third-order valence-corrected chi connectivity index (χ3v) is 3.95. The number of imide groups is 1. The van der Waals surface area contributed by atoms with Crippen molar-refractivity contribution in [1.29, 1.82) is 0 Å². The second kappa shape index (κ2) is 5.66. The zero-order valence-corrected chi connectivity index (χ0v) is 11.8. The molecule has 102 valence electrons. The van der Waals surface area contributed by atoms with Crippen LogP contribution in [-0.4, -0.2) is 40.2 Å². The molecular formula is C11H12ClN3O3S. The summed E-state index contributed by atoms with van der Waals surface area (Å²) < 4.78 is 0. The Labute approximate surface area is 118 Å². The standard InChI is InChI=1S/C11H12ClN3O3S/c1-6-11(18)14-8(16)4-15(6)10(17)2-9-13-7(3-12)5-19-9/h5-6H,2-4H2,1H3,(H,14,16,18). The van der Waals surface area contributed by atoms with Crippen LogP contribution < -0.4 is 5.32 Å². The van der Waals surface area contributed by atoms with E-state index >= 15 is 0 Å². The van der Waals surface area contributed by atoms with Gasteiger partial charge in [-0.05, 0) is 6.92 Å². The molecule has 19 heavy (non-hydrogen) atoms. The number of carbonyl (C=O) groups excluding carboxylic acids is 3. The first-order valence-corrected chi connectivity index (χ1v) is 7.05. The average molecular weight is 302 g/mol. The zero-order chi connectivity index (χ0) is 14.0. The Balaban J connectivity index is 2.06. The van der Waals surface area contributed by atoms with Crippen molar-refractivity contribution < 1.29 is 14.4 Å². The van der Waals surface area contributed by atoms with Crippen molar-refractivity contribution in [3.63, 3.8) is 0 Å². The Morgan fingerprint density at radius 1 is 1.63 bits per heavy atom. The van der Waals surface area contributed by atoms with E-state index in [4.69, 9.17) is 11.6 Å². The van der Waals surface area contributed by atoms with Gasteiger partial charge in [-0.2, -0.15) is 0 Å². The van der Waals surface area contributed by atoms with E-state index in [2.05, 4.69) is 10.3 Å². The maximum absolute atomic E-state index is 12.1. The number of rotatable bonds is 3. The molecule has 0 aliphatic carbocycles. The Hall–Kier alpha value is -1.47. The number of hydrogen-bond acceptors (Lipinski definition) is 5. The summed E-state index contributed by atoms with van der Waals surface area (Å²) in [6.45, 7) is 1.49. The van der Waals surface area contributed by atoms with Crippen LogP contribution in [0, 0.1) is 0 Å². The number of nitrogens with zero attached hydrogens (tertiary/aromatic N) is 2. The summed E-state index contributed by atoms with van der Waals surface area (Å²) in [6, 6.07) is -0.641. The number of thiazole rings is 1. The summed E-state index contributed by atoms with van der Waals surface area (Å²) >= 11 is 6.98. The van der Waals surface area contributed by atoms with Gasteiger partial charge in [-0.15, -0.1) is 22.9 Å². The third kappa shape index (κ3) is 3.10. The molecule has 1 unspecified atom stereocenters. The smallest absolute Gasteiger partial charge is 0.249 e. The van der Waals surface area contributed by atoms with Crippen LogP contribution in [0.4, 0.5) is 0 Å². The Morgan fingerprint density at radius 3 is 3.00 bits per heavy atom. The molecule has 0 bridgehead atoms. The number of carbonyl (C=O) groups is 3. The molecule has 8 heteroatoms. The highest BCUT2D eigenvalue weighted by atomic mass is 35.5. The van der Waals surface area contributed by atoms with Crippen LogP contribution in [0.2, 0.25) is 0 Å². The molecule has 0 spiro atoms. The topological polar surface area (TPSA) is 79.4 Å². The van der Waals surface area contributed by atoms with E-state index in [-0.39, 0.29) is 18.9 Å². The molecule has 2 heterocycles. The summed E-state index contributed by atoms with van der Waals surface area (Å²) in [5.74, 6) is -0.903. The summed E-state index contributed by atoms with van der Waals surface area (Å²) in [5.41, 5.74) is 0.718. The lowest BCUT2D eigenvalue weighted by Gasteiger charge is -2.31. The molecule has 1 aliphatic heterocycles. The first kappa shape index (κ1) is 14.0. The minimum atomic E-state index is -0.641. The second-order valence-electron chi connectivity index (χ2n) is 4.15. The van der Waals surface area contributed by atoms with Crippen molar-refractivity contribution in [3.8, 4) is 0 Å². The predicted octanol–water partition coefficient (Wildman–Crippen LogP) is 0.298. The number of piperazine rings is 1. The fourth-order valence-corrected chi connectivity index (χ4v) is 2.75. The van der Waals surface area contributed by atoms with Gasteiger partial charge in [0.15, 0.2) is 0 Å². The normalized spacial score (nSPS) is 19.5. The molecule has 3 amide bonds. The monoisotopic (exact) mass is 301 g/mol. The van der Waals surface area contributed by atoms with Gasteiger partial charge in [0.1, 0.15) is 17.6 Å². The van der Waals surface area contributed by atoms with Gasteiger partial charge in [0, 0.05) is 5.38 Å². The Morgan fingerprint density at radius 2 is 2.37 bits per heavy atom. The zero-order valence-electron chi connectivity index (χ0n) is 10.2. The molecule has 0 radical (unpaired) electrons. The van der Waals surface area contributed by atoms with Gasteiger partial charge in [0.25, 0.3) is 0 Å². The largest absolute Gasteiger partial charge is 0.321 e. The summed E-state index contributed by atoms with van der Waals surface area (Å²) in [5, 5.41) is 4.60. The number of aromatic nitrogens is 1. The highest BCUT2D eigenvalue weighted by molar-refractivity contribution is 7.09. The maximum Gasteiger partial charge on any atom is 0.249 e. The van der Waals surface area contributed by atoms with Crippen LogP contribution in [-0.2, 0) is 26.7 Å². The fraction of sp³-hybridized carbons (Fsp3) is 0.455. The molecule has 1 atom stereocenters. The van der Waals surface area contributed by atoms with Gasteiger partial charge >= 0.3 is 0 Å². The van der Waals surface area contributed by atoms with E-state index in [9.17, 15) is 14.4 Å². The van der Waals surface area contributed by atoms with Gasteiger partial charge in [0.2, 0.25) is 17.7 Å². The molecule has 0 aromatic carbocycles. The van der Waals surface area contributed by atoms with Crippen LogP contribution in [0.15, 0.2) is 5.38 Å².